The summed E-state index contributed by atoms with van der Waals surface area (Å²) in [7, 11) is 0. The molecule has 0 saturated heterocycles. The molecule has 13 heavy (non-hydrogen) atoms. The molecule has 6 heteroatoms. The van der Waals surface area contributed by atoms with Gasteiger partial charge in [-0.2, -0.15) is 5.10 Å². The van der Waals surface area contributed by atoms with Gasteiger partial charge in [-0.1, -0.05) is 6.92 Å². The second kappa shape index (κ2) is 3.99. The molecule has 1 rings (SSSR count). The van der Waals surface area contributed by atoms with Crippen molar-refractivity contribution in [2.24, 2.45) is 11.8 Å². The Labute approximate surface area is 76.1 Å². The van der Waals surface area contributed by atoms with Gasteiger partial charge in [0.05, 0.1) is 12.0 Å². The van der Waals surface area contributed by atoms with Crippen LogP contribution in [0.3, 0.4) is 0 Å². The number of carbonyl (C=O) groups excluding carboxylic acids is 1. The van der Waals surface area contributed by atoms with E-state index in [9.17, 15) is 4.79 Å². The summed E-state index contributed by atoms with van der Waals surface area (Å²) in [5.74, 6) is 4.58. The zero-order chi connectivity index (χ0) is 9.84. The molecule has 0 spiro atoms. The molecule has 1 aromatic rings. The van der Waals surface area contributed by atoms with Crippen molar-refractivity contribution >= 4 is 5.91 Å². The van der Waals surface area contributed by atoms with Crippen molar-refractivity contribution in [2.45, 2.75) is 19.9 Å². The monoisotopic (exact) mass is 183 g/mol. The van der Waals surface area contributed by atoms with Gasteiger partial charge in [-0.05, 0) is 6.92 Å². The van der Waals surface area contributed by atoms with Crippen LogP contribution in [0.2, 0.25) is 0 Å². The van der Waals surface area contributed by atoms with Crippen molar-refractivity contribution in [3.63, 3.8) is 0 Å². The predicted octanol–water partition coefficient (Wildman–Crippen LogP) is -0.535. The van der Waals surface area contributed by atoms with Gasteiger partial charge in [-0.15, -0.1) is 0 Å². The molecule has 0 saturated carbocycles. The number of rotatable bonds is 3. The molecule has 72 valence electrons. The van der Waals surface area contributed by atoms with Crippen LogP contribution in [0.4, 0.5) is 0 Å². The van der Waals surface area contributed by atoms with E-state index in [0.717, 1.165) is 0 Å². The minimum Gasteiger partial charge on any atom is -0.294 e. The maximum atomic E-state index is 11.2. The Morgan fingerprint density at radius 2 is 2.31 bits per heavy atom. The van der Waals surface area contributed by atoms with Gasteiger partial charge in [-0.3, -0.25) is 10.2 Å². The van der Waals surface area contributed by atoms with Gasteiger partial charge in [-0.25, -0.2) is 15.5 Å². The average molecular weight is 183 g/mol. The maximum Gasteiger partial charge on any atom is 0.238 e. The van der Waals surface area contributed by atoms with E-state index >= 15 is 0 Å². The molecular weight excluding hydrogens is 170 g/mol. The van der Waals surface area contributed by atoms with Crippen molar-refractivity contribution < 1.29 is 4.79 Å². The number of hydrogen-bond acceptors (Lipinski definition) is 4. The summed E-state index contributed by atoms with van der Waals surface area (Å²) >= 11 is 0. The summed E-state index contributed by atoms with van der Waals surface area (Å²) in [5.41, 5.74) is 2.11. The Balaban J connectivity index is 2.68. The fourth-order valence-corrected chi connectivity index (χ4v) is 1.01. The molecule has 1 heterocycles. The first-order valence-corrected chi connectivity index (χ1v) is 4.01. The summed E-state index contributed by atoms with van der Waals surface area (Å²) in [6, 6.07) is -0.0500. The molecule has 3 N–H and O–H groups in total. The first kappa shape index (κ1) is 9.66. The number of aromatic nitrogens is 3. The first-order valence-electron chi connectivity index (χ1n) is 4.01. The Hall–Kier alpha value is -1.43. The number of nitrogens with two attached hydrogens (primary N) is 1. The maximum absolute atomic E-state index is 11.2. The highest BCUT2D eigenvalue weighted by molar-refractivity contribution is 5.78. The van der Waals surface area contributed by atoms with Crippen molar-refractivity contribution in [3.8, 4) is 0 Å². The highest BCUT2D eigenvalue weighted by Crippen LogP contribution is 2.14. The van der Waals surface area contributed by atoms with Gasteiger partial charge in [0.1, 0.15) is 12.7 Å². The zero-order valence-electron chi connectivity index (χ0n) is 7.64. The zero-order valence-corrected chi connectivity index (χ0v) is 7.64. The van der Waals surface area contributed by atoms with Crippen LogP contribution in [0.1, 0.15) is 19.9 Å². The SMILES string of the molecule is CC(C(=O)NN)C(C)n1cncn1. The van der Waals surface area contributed by atoms with E-state index in [1.54, 1.807) is 17.9 Å². The van der Waals surface area contributed by atoms with Crippen LogP contribution in [0.25, 0.3) is 0 Å². The summed E-state index contributed by atoms with van der Waals surface area (Å²) < 4.78 is 1.62. The van der Waals surface area contributed by atoms with Gasteiger partial charge < -0.3 is 0 Å². The minimum absolute atomic E-state index is 0.0500. The molecule has 2 atom stereocenters. The lowest BCUT2D eigenvalue weighted by atomic mass is 10.0. The van der Waals surface area contributed by atoms with Gasteiger partial charge in [0.25, 0.3) is 0 Å². The molecule has 6 nitrogen and oxygen atoms in total. The van der Waals surface area contributed by atoms with Gasteiger partial charge in [0.15, 0.2) is 0 Å². The topological polar surface area (TPSA) is 85.8 Å². The van der Waals surface area contributed by atoms with E-state index in [-0.39, 0.29) is 17.9 Å². The predicted molar refractivity (Wildman–Crippen MR) is 46.2 cm³/mol. The van der Waals surface area contributed by atoms with Crippen LogP contribution in [-0.4, -0.2) is 20.7 Å². The van der Waals surface area contributed by atoms with E-state index < -0.39 is 0 Å². The Bertz CT molecular complexity index is 270. The van der Waals surface area contributed by atoms with Crippen molar-refractivity contribution in [1.29, 1.82) is 0 Å². The van der Waals surface area contributed by atoms with Gasteiger partial charge in [0.2, 0.25) is 5.91 Å². The van der Waals surface area contributed by atoms with E-state index in [0.29, 0.717) is 0 Å². The molecular formula is C7H13N5O. The highest BCUT2D eigenvalue weighted by Gasteiger charge is 2.20. The molecule has 0 bridgehead atoms. The van der Waals surface area contributed by atoms with Crippen LogP contribution >= 0.6 is 0 Å². The summed E-state index contributed by atoms with van der Waals surface area (Å²) in [4.78, 5) is 15.0. The molecule has 0 aliphatic heterocycles. The molecule has 0 aliphatic rings. The molecule has 2 unspecified atom stereocenters. The van der Waals surface area contributed by atoms with E-state index in [1.807, 2.05) is 6.92 Å². The van der Waals surface area contributed by atoms with E-state index in [1.165, 1.54) is 6.33 Å². The third kappa shape index (κ3) is 2.03. The Morgan fingerprint density at radius 1 is 1.62 bits per heavy atom. The highest BCUT2D eigenvalue weighted by atomic mass is 16.2. The van der Waals surface area contributed by atoms with E-state index in [2.05, 4.69) is 15.5 Å². The largest absolute Gasteiger partial charge is 0.294 e. The molecule has 0 fully saturated rings. The number of carbonyl (C=O) groups is 1. The Morgan fingerprint density at radius 3 is 2.77 bits per heavy atom. The van der Waals surface area contributed by atoms with Crippen molar-refractivity contribution in [3.05, 3.63) is 12.7 Å². The van der Waals surface area contributed by atoms with Crippen LogP contribution in [0.15, 0.2) is 12.7 Å². The number of hydrazine groups is 1. The lowest BCUT2D eigenvalue weighted by molar-refractivity contribution is -0.125. The number of hydrogen-bond donors (Lipinski definition) is 2. The molecule has 0 radical (unpaired) electrons. The summed E-state index contributed by atoms with van der Waals surface area (Å²) in [6.45, 7) is 3.67. The lowest BCUT2D eigenvalue weighted by Crippen LogP contribution is -2.37. The standard InChI is InChI=1S/C7H13N5O/c1-5(7(13)11-8)6(2)12-4-9-3-10-12/h3-6H,8H2,1-2H3,(H,11,13). The first-order chi connectivity index (χ1) is 6.16. The van der Waals surface area contributed by atoms with Gasteiger partial charge >= 0.3 is 0 Å². The van der Waals surface area contributed by atoms with Crippen molar-refractivity contribution in [2.75, 3.05) is 0 Å². The number of amides is 1. The molecule has 1 amide bonds. The third-order valence-electron chi connectivity index (χ3n) is 2.13. The normalized spacial score (nSPS) is 15.0. The van der Waals surface area contributed by atoms with Crippen LogP contribution in [0, 0.1) is 5.92 Å². The second-order valence-corrected chi connectivity index (χ2v) is 2.91. The molecule has 0 aromatic carbocycles. The average Bonchev–Trinajstić information content (AvgIpc) is 2.67. The van der Waals surface area contributed by atoms with Gasteiger partial charge in [0, 0.05) is 0 Å². The number of nitrogens with zero attached hydrogens (tertiary/aromatic N) is 3. The summed E-state index contributed by atoms with van der Waals surface area (Å²) in [5, 5.41) is 3.94. The fourth-order valence-electron chi connectivity index (χ4n) is 1.01. The number of nitrogens with one attached hydrogen (secondary N) is 1. The van der Waals surface area contributed by atoms with Crippen LogP contribution in [-0.2, 0) is 4.79 Å². The van der Waals surface area contributed by atoms with E-state index in [4.69, 9.17) is 5.84 Å². The third-order valence-corrected chi connectivity index (χ3v) is 2.13. The quantitative estimate of drug-likeness (QED) is 0.374. The molecule has 1 aromatic heterocycles. The Kier molecular flexibility index (Phi) is 2.97. The minimum atomic E-state index is -0.230. The fraction of sp³-hybridized carbons (Fsp3) is 0.571. The lowest BCUT2D eigenvalue weighted by Gasteiger charge is -2.17. The van der Waals surface area contributed by atoms with Crippen LogP contribution in [0.5, 0.6) is 0 Å². The second-order valence-electron chi connectivity index (χ2n) is 2.91. The molecule has 0 aliphatic carbocycles. The van der Waals surface area contributed by atoms with Crippen molar-refractivity contribution in [1.82, 2.24) is 20.2 Å². The van der Waals surface area contributed by atoms with Crippen LogP contribution < -0.4 is 11.3 Å². The summed E-state index contributed by atoms with van der Waals surface area (Å²) in [6.07, 6.45) is 3.01. The smallest absolute Gasteiger partial charge is 0.238 e.